The van der Waals surface area contributed by atoms with Gasteiger partial charge in [0.25, 0.3) is 0 Å². The van der Waals surface area contributed by atoms with E-state index in [9.17, 15) is 0 Å². The zero-order valence-corrected chi connectivity index (χ0v) is 9.10. The number of para-hydroxylation sites is 1. The normalized spacial score (nSPS) is 12.4. The molecule has 0 spiro atoms. The van der Waals surface area contributed by atoms with E-state index >= 15 is 0 Å². The number of fused-ring (bicyclic) bond motifs is 5. The first-order valence-corrected chi connectivity index (χ1v) is 5.64. The van der Waals surface area contributed by atoms with Crippen LogP contribution in [0.5, 0.6) is 0 Å². The molecule has 4 rings (SSSR count). The van der Waals surface area contributed by atoms with Gasteiger partial charge in [-0.1, -0.05) is 48.5 Å². The summed E-state index contributed by atoms with van der Waals surface area (Å²) >= 11 is 0. The third-order valence-electron chi connectivity index (χ3n) is 3.18. The Labute approximate surface area is 99.7 Å². The Morgan fingerprint density at radius 3 is 2.65 bits per heavy atom. The van der Waals surface area contributed by atoms with E-state index < -0.39 is 0 Å². The van der Waals surface area contributed by atoms with Crippen molar-refractivity contribution >= 4 is 32.7 Å². The van der Waals surface area contributed by atoms with Crippen molar-refractivity contribution in [3.05, 3.63) is 60.6 Å². The summed E-state index contributed by atoms with van der Waals surface area (Å²) in [6.45, 7) is 0. The highest BCUT2D eigenvalue weighted by atomic mass is 16.3. The molecule has 0 aliphatic carbocycles. The van der Waals surface area contributed by atoms with E-state index in [0.29, 0.717) is 6.04 Å². The zero-order chi connectivity index (χ0) is 12.1. The number of benzene rings is 3. The van der Waals surface area contributed by atoms with E-state index in [4.69, 9.17) is 5.79 Å². The van der Waals surface area contributed by atoms with Gasteiger partial charge in [-0.05, 0) is 17.5 Å². The molecule has 4 aromatic rings. The summed E-state index contributed by atoms with van der Waals surface area (Å²) in [5, 5.41) is 4.13. The van der Waals surface area contributed by atoms with Crippen LogP contribution in [-0.2, 0) is 0 Å². The average molecular weight is 219 g/mol. The topological polar surface area (TPSA) is 13.1 Å². The van der Waals surface area contributed by atoms with Crippen LogP contribution in [0.1, 0.15) is 1.37 Å². The van der Waals surface area contributed by atoms with E-state index in [2.05, 4.69) is 18.2 Å². The van der Waals surface area contributed by atoms with Gasteiger partial charge in [0.05, 0.1) is 1.37 Å². The summed E-state index contributed by atoms with van der Waals surface area (Å²) in [5.74, 6) is 0. The highest BCUT2D eigenvalue weighted by molar-refractivity contribution is 6.14. The lowest BCUT2D eigenvalue weighted by atomic mass is 10.1. The van der Waals surface area contributed by atoms with Gasteiger partial charge >= 0.3 is 0 Å². The summed E-state index contributed by atoms with van der Waals surface area (Å²) in [6.07, 6.45) is 0. The third-order valence-corrected chi connectivity index (χ3v) is 3.18. The van der Waals surface area contributed by atoms with Crippen LogP contribution in [0.25, 0.3) is 32.7 Å². The van der Waals surface area contributed by atoms with Crippen molar-refractivity contribution < 1.29 is 5.79 Å². The maximum Gasteiger partial charge on any atom is 0.143 e. The van der Waals surface area contributed by atoms with Crippen molar-refractivity contribution in [3.63, 3.8) is 0 Å². The minimum Gasteiger partial charge on any atom is -0.455 e. The molecule has 0 bridgehead atoms. The fourth-order valence-electron chi connectivity index (χ4n) is 2.38. The predicted octanol–water partition coefficient (Wildman–Crippen LogP) is 4.74. The molecule has 0 radical (unpaired) electrons. The molecule has 0 saturated carbocycles. The molecule has 3 aromatic carbocycles. The van der Waals surface area contributed by atoms with E-state index in [1.165, 1.54) is 0 Å². The second kappa shape index (κ2) is 3.11. The quantitative estimate of drug-likeness (QED) is 0.416. The van der Waals surface area contributed by atoms with Crippen LogP contribution in [0.3, 0.4) is 0 Å². The molecule has 17 heavy (non-hydrogen) atoms. The molecule has 1 nitrogen and oxygen atoms in total. The van der Waals surface area contributed by atoms with Crippen LogP contribution < -0.4 is 0 Å². The lowest BCUT2D eigenvalue weighted by Gasteiger charge is -1.97. The second-order valence-corrected chi connectivity index (χ2v) is 4.17. The van der Waals surface area contributed by atoms with Crippen molar-refractivity contribution in [2.45, 2.75) is 0 Å². The SMILES string of the molecule is [2H]c1cccc2ccc3c4ccccc4oc3c12. The Morgan fingerprint density at radius 2 is 1.65 bits per heavy atom. The van der Waals surface area contributed by atoms with E-state index in [0.717, 1.165) is 32.7 Å². The molecule has 80 valence electrons. The van der Waals surface area contributed by atoms with Crippen molar-refractivity contribution in [2.24, 2.45) is 0 Å². The first-order chi connectivity index (χ1) is 8.84. The Bertz CT molecular complexity index is 889. The summed E-state index contributed by atoms with van der Waals surface area (Å²) in [7, 11) is 0. The fourth-order valence-corrected chi connectivity index (χ4v) is 2.38. The van der Waals surface area contributed by atoms with Crippen molar-refractivity contribution in [1.82, 2.24) is 0 Å². The molecule has 0 N–H and O–H groups in total. The average Bonchev–Trinajstić information content (AvgIpc) is 2.77. The molecule has 1 aromatic heterocycles. The number of rotatable bonds is 0. The van der Waals surface area contributed by atoms with Gasteiger partial charge in [0.15, 0.2) is 0 Å². The van der Waals surface area contributed by atoms with Crippen molar-refractivity contribution in [2.75, 3.05) is 0 Å². The van der Waals surface area contributed by atoms with Crippen LogP contribution in [0.15, 0.2) is 65.1 Å². The monoisotopic (exact) mass is 219 g/mol. The molecule has 0 atom stereocenters. The van der Waals surface area contributed by atoms with Crippen LogP contribution in [-0.4, -0.2) is 0 Å². The van der Waals surface area contributed by atoms with Crippen LogP contribution in [0.2, 0.25) is 0 Å². The van der Waals surface area contributed by atoms with Gasteiger partial charge in [-0.3, -0.25) is 0 Å². The minimum absolute atomic E-state index is 0.511. The minimum atomic E-state index is 0.511. The molecule has 0 aliphatic rings. The number of hydrogen-bond acceptors (Lipinski definition) is 1. The first kappa shape index (κ1) is 7.91. The standard InChI is InChI=1S/C16H10O/c1-2-6-12-11(5-1)9-10-14-13-7-3-4-8-15(13)17-16(12)14/h1-10H/i6D. The Morgan fingerprint density at radius 1 is 0.765 bits per heavy atom. The van der Waals surface area contributed by atoms with Gasteiger partial charge in [0.1, 0.15) is 11.2 Å². The smallest absolute Gasteiger partial charge is 0.143 e. The van der Waals surface area contributed by atoms with E-state index in [1.54, 1.807) is 6.07 Å². The molecule has 1 heteroatoms. The summed E-state index contributed by atoms with van der Waals surface area (Å²) in [5.41, 5.74) is 1.70. The fraction of sp³-hybridized carbons (Fsp3) is 0. The van der Waals surface area contributed by atoms with Crippen molar-refractivity contribution in [3.8, 4) is 0 Å². The van der Waals surface area contributed by atoms with Gasteiger partial charge in [0, 0.05) is 16.2 Å². The first-order valence-electron chi connectivity index (χ1n) is 6.14. The predicted molar refractivity (Wildman–Crippen MR) is 71.2 cm³/mol. The second-order valence-electron chi connectivity index (χ2n) is 4.17. The van der Waals surface area contributed by atoms with Crippen LogP contribution in [0, 0.1) is 0 Å². The highest BCUT2D eigenvalue weighted by Crippen LogP contribution is 2.33. The maximum absolute atomic E-state index is 8.06. The van der Waals surface area contributed by atoms with E-state index in [1.807, 2.05) is 30.3 Å². The molecular weight excluding hydrogens is 208 g/mol. The number of hydrogen-bond donors (Lipinski definition) is 0. The van der Waals surface area contributed by atoms with Gasteiger partial charge in [-0.15, -0.1) is 0 Å². The summed E-state index contributed by atoms with van der Waals surface area (Å²) in [4.78, 5) is 0. The maximum atomic E-state index is 8.06. The molecule has 1 heterocycles. The Hall–Kier alpha value is -2.28. The van der Waals surface area contributed by atoms with Crippen LogP contribution in [0.4, 0.5) is 0 Å². The van der Waals surface area contributed by atoms with Gasteiger partial charge in [0.2, 0.25) is 0 Å². The molecule has 0 aliphatic heterocycles. The molecule has 0 fully saturated rings. The summed E-state index contributed by atoms with van der Waals surface area (Å²) in [6, 6.07) is 18.3. The van der Waals surface area contributed by atoms with Gasteiger partial charge < -0.3 is 4.42 Å². The van der Waals surface area contributed by atoms with Crippen molar-refractivity contribution in [1.29, 1.82) is 0 Å². The Balaban J connectivity index is 2.35. The van der Waals surface area contributed by atoms with Gasteiger partial charge in [-0.2, -0.15) is 0 Å². The highest BCUT2D eigenvalue weighted by Gasteiger charge is 2.08. The number of furan rings is 1. The largest absolute Gasteiger partial charge is 0.455 e. The Kier molecular flexibility index (Phi) is 1.45. The van der Waals surface area contributed by atoms with E-state index in [-0.39, 0.29) is 0 Å². The molecule has 0 saturated heterocycles. The van der Waals surface area contributed by atoms with Gasteiger partial charge in [-0.25, -0.2) is 0 Å². The summed E-state index contributed by atoms with van der Waals surface area (Å²) < 4.78 is 14.0. The third kappa shape index (κ3) is 1.14. The molecular formula is C16H10O. The molecule has 0 unspecified atom stereocenters. The zero-order valence-electron chi connectivity index (χ0n) is 10.1. The molecule has 0 amide bonds. The lowest BCUT2D eigenvalue weighted by Crippen LogP contribution is -1.72. The lowest BCUT2D eigenvalue weighted by molar-refractivity contribution is 0.672. The van der Waals surface area contributed by atoms with Crippen LogP contribution >= 0.6 is 0 Å².